The molecular weight excluding hydrogens is 775 g/mol. The van der Waals surface area contributed by atoms with Gasteiger partial charge >= 0.3 is 0 Å². The lowest BCUT2D eigenvalue weighted by atomic mass is 9.99. The summed E-state index contributed by atoms with van der Waals surface area (Å²) in [6, 6.07) is 81.8. The van der Waals surface area contributed by atoms with Gasteiger partial charge in [-0.25, -0.2) is 4.98 Å². The number of pyridine rings is 1. The summed E-state index contributed by atoms with van der Waals surface area (Å²) < 4.78 is 4.89. The van der Waals surface area contributed by atoms with E-state index in [0.29, 0.717) is 0 Å². The molecule has 0 saturated carbocycles. The monoisotopic (exact) mass is 817 g/mol. The Kier molecular flexibility index (Phi) is 8.94. The van der Waals surface area contributed by atoms with Gasteiger partial charge in [0.1, 0.15) is 0 Å². The highest BCUT2D eigenvalue weighted by atomic mass is 15.0. The standard InChI is InChI=1S/C61H43N3/c1-40-21-25-43(26-22-40)46-29-31-60-54(35-46)52-17-9-11-19-58(52)63(60)50-33-49(57-38-48(42-13-5-3-6-14-42)37-56(62-57)45-15-7-4-8-16-45)34-51(39-50)64-59-20-12-10-18-53(59)55-36-47(30-32-61(55)64)44-27-23-41(2)24-28-44/h3-39H,1-2H3. The van der Waals surface area contributed by atoms with Crippen molar-refractivity contribution in [1.29, 1.82) is 0 Å². The van der Waals surface area contributed by atoms with Crippen molar-refractivity contribution in [3.8, 4) is 67.3 Å². The van der Waals surface area contributed by atoms with Crippen molar-refractivity contribution in [2.45, 2.75) is 13.8 Å². The zero-order valence-corrected chi connectivity index (χ0v) is 35.7. The Morgan fingerprint density at radius 3 is 1.16 bits per heavy atom. The fourth-order valence-electron chi connectivity index (χ4n) is 9.59. The maximum absolute atomic E-state index is 5.48. The summed E-state index contributed by atoms with van der Waals surface area (Å²) in [6.45, 7) is 4.28. The Hall–Kier alpha value is -8.27. The second-order valence-electron chi connectivity index (χ2n) is 17.0. The van der Waals surface area contributed by atoms with Crippen LogP contribution in [0.4, 0.5) is 0 Å². The first kappa shape index (κ1) is 37.5. The fourth-order valence-corrected chi connectivity index (χ4v) is 9.59. The van der Waals surface area contributed by atoms with Crippen molar-refractivity contribution in [2.24, 2.45) is 0 Å². The van der Waals surface area contributed by atoms with E-state index in [-0.39, 0.29) is 0 Å². The number of benzene rings is 9. The molecule has 12 aromatic rings. The van der Waals surface area contributed by atoms with Crippen molar-refractivity contribution < 1.29 is 0 Å². The van der Waals surface area contributed by atoms with E-state index in [0.717, 1.165) is 67.1 Å². The highest BCUT2D eigenvalue weighted by Crippen LogP contribution is 2.41. The van der Waals surface area contributed by atoms with E-state index in [9.17, 15) is 0 Å². The Bertz CT molecular complexity index is 3470. The van der Waals surface area contributed by atoms with Gasteiger partial charge < -0.3 is 9.13 Å². The first-order chi connectivity index (χ1) is 31.5. The molecule has 12 rings (SSSR count). The lowest BCUT2D eigenvalue weighted by molar-refractivity contribution is 1.13. The molecule has 0 atom stereocenters. The number of nitrogens with zero attached hydrogens (tertiary/aromatic N) is 3. The number of fused-ring (bicyclic) bond motifs is 6. The van der Waals surface area contributed by atoms with Gasteiger partial charge in [-0.1, -0.05) is 169 Å². The quantitative estimate of drug-likeness (QED) is 0.157. The number of hydrogen-bond acceptors (Lipinski definition) is 1. The van der Waals surface area contributed by atoms with Crippen LogP contribution in [0.1, 0.15) is 11.1 Å². The molecule has 0 aliphatic rings. The van der Waals surface area contributed by atoms with Crippen molar-refractivity contribution >= 4 is 43.6 Å². The minimum absolute atomic E-state index is 0.910. The molecule has 0 aliphatic carbocycles. The predicted octanol–water partition coefficient (Wildman–Crippen LogP) is 16.2. The molecule has 3 heterocycles. The molecule has 0 N–H and O–H groups in total. The Morgan fingerprint density at radius 2 is 0.656 bits per heavy atom. The van der Waals surface area contributed by atoms with Gasteiger partial charge in [0, 0.05) is 44.0 Å². The third-order valence-corrected chi connectivity index (χ3v) is 12.8. The molecule has 3 nitrogen and oxygen atoms in total. The van der Waals surface area contributed by atoms with Gasteiger partial charge in [-0.3, -0.25) is 0 Å². The van der Waals surface area contributed by atoms with Crippen LogP contribution >= 0.6 is 0 Å². The van der Waals surface area contributed by atoms with Crippen LogP contribution in [0.5, 0.6) is 0 Å². The smallest absolute Gasteiger partial charge is 0.0717 e. The third-order valence-electron chi connectivity index (χ3n) is 12.8. The maximum Gasteiger partial charge on any atom is 0.0717 e. The number of aromatic nitrogens is 3. The van der Waals surface area contributed by atoms with Gasteiger partial charge in [-0.2, -0.15) is 0 Å². The summed E-state index contributed by atoms with van der Waals surface area (Å²) in [7, 11) is 0. The molecule has 0 aliphatic heterocycles. The van der Waals surface area contributed by atoms with E-state index in [1.54, 1.807) is 0 Å². The SMILES string of the molecule is Cc1ccc(-c2ccc3c(c2)c2ccccc2n3-c2cc(-c3cc(-c4ccccc4)cc(-c4ccccc4)n3)cc(-n3c4ccccc4c4cc(-c5ccc(C)cc5)ccc43)c2)cc1. The summed E-state index contributed by atoms with van der Waals surface area (Å²) in [5.74, 6) is 0. The van der Waals surface area contributed by atoms with Crippen molar-refractivity contribution in [2.75, 3.05) is 0 Å². The molecule has 0 amide bonds. The van der Waals surface area contributed by atoms with Gasteiger partial charge in [0.05, 0.1) is 33.5 Å². The van der Waals surface area contributed by atoms with Crippen LogP contribution in [0, 0.1) is 13.8 Å². The molecule has 302 valence electrons. The lowest BCUT2D eigenvalue weighted by Gasteiger charge is -2.17. The number of aryl methyl sites for hydroxylation is 2. The van der Waals surface area contributed by atoms with Crippen molar-refractivity contribution in [3.05, 3.63) is 236 Å². The van der Waals surface area contributed by atoms with Gasteiger partial charge in [0.15, 0.2) is 0 Å². The zero-order valence-electron chi connectivity index (χ0n) is 35.7. The first-order valence-corrected chi connectivity index (χ1v) is 22.0. The molecular formula is C61H43N3. The fraction of sp³-hybridized carbons (Fsp3) is 0.0328. The van der Waals surface area contributed by atoms with Gasteiger partial charge in [0.25, 0.3) is 0 Å². The number of rotatable bonds is 7. The molecule has 3 heteroatoms. The van der Waals surface area contributed by atoms with E-state index >= 15 is 0 Å². The molecule has 0 unspecified atom stereocenters. The molecule has 0 radical (unpaired) electrons. The molecule has 9 aromatic carbocycles. The van der Waals surface area contributed by atoms with Crippen LogP contribution in [0.2, 0.25) is 0 Å². The van der Waals surface area contributed by atoms with Crippen LogP contribution in [0.25, 0.3) is 111 Å². The summed E-state index contributed by atoms with van der Waals surface area (Å²) >= 11 is 0. The number of hydrogen-bond donors (Lipinski definition) is 0. The predicted molar refractivity (Wildman–Crippen MR) is 270 cm³/mol. The Morgan fingerprint density at radius 1 is 0.266 bits per heavy atom. The number of para-hydroxylation sites is 2. The Balaban J connectivity index is 1.14. The first-order valence-electron chi connectivity index (χ1n) is 22.0. The van der Waals surface area contributed by atoms with Crippen LogP contribution in [-0.4, -0.2) is 14.1 Å². The molecule has 0 bridgehead atoms. The van der Waals surface area contributed by atoms with E-state index in [1.165, 1.54) is 54.9 Å². The van der Waals surface area contributed by atoms with Crippen LogP contribution < -0.4 is 0 Å². The molecule has 0 fully saturated rings. The van der Waals surface area contributed by atoms with Crippen molar-refractivity contribution in [1.82, 2.24) is 14.1 Å². The summed E-state index contributed by atoms with van der Waals surface area (Å²) in [4.78, 5) is 5.48. The van der Waals surface area contributed by atoms with E-state index in [1.807, 2.05) is 0 Å². The summed E-state index contributed by atoms with van der Waals surface area (Å²) in [5.41, 5.74) is 20.3. The van der Waals surface area contributed by atoms with Gasteiger partial charge in [-0.15, -0.1) is 0 Å². The topological polar surface area (TPSA) is 22.8 Å². The lowest BCUT2D eigenvalue weighted by Crippen LogP contribution is -2.01. The highest BCUT2D eigenvalue weighted by Gasteiger charge is 2.20. The minimum atomic E-state index is 0.910. The molecule has 0 saturated heterocycles. The van der Waals surface area contributed by atoms with E-state index < -0.39 is 0 Å². The molecule has 64 heavy (non-hydrogen) atoms. The summed E-state index contributed by atoms with van der Waals surface area (Å²) in [5, 5.41) is 4.87. The summed E-state index contributed by atoms with van der Waals surface area (Å²) in [6.07, 6.45) is 0. The minimum Gasteiger partial charge on any atom is -0.309 e. The third kappa shape index (κ3) is 6.49. The van der Waals surface area contributed by atoms with Gasteiger partial charge in [-0.05, 0) is 114 Å². The van der Waals surface area contributed by atoms with Crippen LogP contribution in [0.15, 0.2) is 224 Å². The van der Waals surface area contributed by atoms with E-state index in [4.69, 9.17) is 4.98 Å². The second-order valence-corrected chi connectivity index (χ2v) is 17.0. The molecule has 3 aromatic heterocycles. The zero-order chi connectivity index (χ0) is 42.7. The van der Waals surface area contributed by atoms with Crippen LogP contribution in [-0.2, 0) is 0 Å². The van der Waals surface area contributed by atoms with Crippen LogP contribution in [0.3, 0.4) is 0 Å². The average molecular weight is 818 g/mol. The van der Waals surface area contributed by atoms with Crippen molar-refractivity contribution in [3.63, 3.8) is 0 Å². The van der Waals surface area contributed by atoms with Gasteiger partial charge in [0.2, 0.25) is 0 Å². The normalized spacial score (nSPS) is 11.6. The average Bonchev–Trinajstić information content (AvgIpc) is 3.87. The maximum atomic E-state index is 5.48. The molecule has 0 spiro atoms. The van der Waals surface area contributed by atoms with E-state index in [2.05, 4.69) is 247 Å². The highest BCUT2D eigenvalue weighted by molar-refractivity contribution is 6.12. The second kappa shape index (κ2) is 15.3. The largest absolute Gasteiger partial charge is 0.309 e. The Labute approximate surface area is 372 Å².